The quantitative estimate of drug-likeness (QED) is 0.576. The van der Waals surface area contributed by atoms with E-state index >= 15 is 0 Å². The van der Waals surface area contributed by atoms with Crippen LogP contribution in [0, 0.1) is 6.92 Å². The van der Waals surface area contributed by atoms with Crippen molar-refractivity contribution in [3.63, 3.8) is 0 Å². The number of hydrogen-bond donors (Lipinski definition) is 0. The van der Waals surface area contributed by atoms with Crippen molar-refractivity contribution in [2.45, 2.75) is 31.3 Å². The molecule has 0 atom stereocenters. The van der Waals surface area contributed by atoms with Crippen LogP contribution in [0.25, 0.3) is 17.1 Å². The van der Waals surface area contributed by atoms with Crippen LogP contribution in [0.1, 0.15) is 24.8 Å². The van der Waals surface area contributed by atoms with Gasteiger partial charge in [-0.1, -0.05) is 60.6 Å². The topological polar surface area (TPSA) is 34.0 Å². The van der Waals surface area contributed by atoms with E-state index in [1.807, 2.05) is 6.07 Å². The second-order valence-corrected chi connectivity index (χ2v) is 8.10. The van der Waals surface area contributed by atoms with Gasteiger partial charge in [0.25, 0.3) is 0 Å². The van der Waals surface area contributed by atoms with Gasteiger partial charge in [0.05, 0.1) is 0 Å². The molecule has 5 heteroatoms. The molecular weight excluding hydrogens is 352 g/mol. The minimum atomic E-state index is 0.916. The summed E-state index contributed by atoms with van der Waals surface area (Å²) in [7, 11) is 0. The van der Waals surface area contributed by atoms with Gasteiger partial charge in [0.1, 0.15) is 0 Å². The minimum absolute atomic E-state index is 0.916. The molecule has 2 aromatic carbocycles. The second-order valence-electron chi connectivity index (χ2n) is 7.04. The molecule has 4 rings (SSSR count). The lowest BCUT2D eigenvalue weighted by molar-refractivity contribution is 0.242. The summed E-state index contributed by atoms with van der Waals surface area (Å²) in [6.07, 6.45) is 4.05. The van der Waals surface area contributed by atoms with Crippen molar-refractivity contribution in [2.75, 3.05) is 25.4 Å². The van der Waals surface area contributed by atoms with E-state index in [1.165, 1.54) is 37.9 Å². The molecule has 0 unspecified atom stereocenters. The molecule has 1 saturated heterocycles. The van der Waals surface area contributed by atoms with Gasteiger partial charge in [-0.15, -0.1) is 10.2 Å². The van der Waals surface area contributed by atoms with Crippen LogP contribution in [-0.4, -0.2) is 45.1 Å². The molecule has 0 amide bonds. The number of piperidine rings is 1. The first-order valence-electron chi connectivity index (χ1n) is 9.75. The molecule has 4 nitrogen and oxygen atoms in total. The molecule has 3 aromatic rings. The highest BCUT2D eigenvalue weighted by Crippen LogP contribution is 2.29. The smallest absolute Gasteiger partial charge is 0.196 e. The Hall–Kier alpha value is -2.11. The molecule has 0 bridgehead atoms. The van der Waals surface area contributed by atoms with Crippen LogP contribution in [0.4, 0.5) is 0 Å². The number of nitrogens with zero attached hydrogens (tertiary/aromatic N) is 4. The first kappa shape index (κ1) is 18.3. The number of hydrogen-bond acceptors (Lipinski definition) is 4. The van der Waals surface area contributed by atoms with Crippen molar-refractivity contribution < 1.29 is 0 Å². The Morgan fingerprint density at radius 1 is 0.889 bits per heavy atom. The summed E-state index contributed by atoms with van der Waals surface area (Å²) in [6, 6.07) is 18.8. The third kappa shape index (κ3) is 4.25. The SMILES string of the molecule is Cc1ccccc1-c1nnc(SCCN2CCCCC2)n1-c1ccccc1. The molecule has 1 aliphatic heterocycles. The van der Waals surface area contributed by atoms with Gasteiger partial charge in [0.15, 0.2) is 11.0 Å². The zero-order valence-corrected chi connectivity index (χ0v) is 16.7. The molecule has 1 aliphatic rings. The highest BCUT2D eigenvalue weighted by molar-refractivity contribution is 7.99. The number of aromatic nitrogens is 3. The van der Waals surface area contributed by atoms with Crippen LogP contribution in [0.3, 0.4) is 0 Å². The first-order chi connectivity index (χ1) is 13.3. The maximum Gasteiger partial charge on any atom is 0.196 e. The summed E-state index contributed by atoms with van der Waals surface area (Å²) in [4.78, 5) is 2.57. The Morgan fingerprint density at radius 2 is 1.63 bits per heavy atom. The van der Waals surface area contributed by atoms with E-state index in [9.17, 15) is 0 Å². The molecule has 2 heterocycles. The van der Waals surface area contributed by atoms with Crippen molar-refractivity contribution in [1.29, 1.82) is 0 Å². The van der Waals surface area contributed by atoms with Crippen molar-refractivity contribution in [3.8, 4) is 17.1 Å². The third-order valence-corrected chi connectivity index (χ3v) is 6.03. The number of benzene rings is 2. The standard InChI is InChI=1S/C22H26N4S/c1-18-10-6-7-13-20(18)21-23-24-22(26(21)19-11-4-2-5-12-19)27-17-16-25-14-8-3-9-15-25/h2,4-7,10-13H,3,8-9,14-17H2,1H3. The molecule has 140 valence electrons. The average Bonchev–Trinajstić information content (AvgIpc) is 3.13. The lowest BCUT2D eigenvalue weighted by atomic mass is 10.1. The Morgan fingerprint density at radius 3 is 2.41 bits per heavy atom. The summed E-state index contributed by atoms with van der Waals surface area (Å²) < 4.78 is 2.20. The predicted molar refractivity (Wildman–Crippen MR) is 113 cm³/mol. The van der Waals surface area contributed by atoms with E-state index in [2.05, 4.69) is 75.1 Å². The van der Waals surface area contributed by atoms with Crippen molar-refractivity contribution in [2.24, 2.45) is 0 Å². The summed E-state index contributed by atoms with van der Waals surface area (Å²) in [6.45, 7) is 5.72. The summed E-state index contributed by atoms with van der Waals surface area (Å²) in [5.74, 6) is 1.96. The molecule has 0 spiro atoms. The largest absolute Gasteiger partial charge is 0.303 e. The molecule has 27 heavy (non-hydrogen) atoms. The molecule has 0 N–H and O–H groups in total. The van der Waals surface area contributed by atoms with E-state index in [-0.39, 0.29) is 0 Å². The molecular formula is C22H26N4S. The normalized spacial score (nSPS) is 15.1. The van der Waals surface area contributed by atoms with Gasteiger partial charge in [-0.05, 0) is 50.6 Å². The number of para-hydroxylation sites is 1. The highest BCUT2D eigenvalue weighted by atomic mass is 32.2. The van der Waals surface area contributed by atoms with Gasteiger partial charge < -0.3 is 4.90 Å². The van der Waals surface area contributed by atoms with E-state index in [1.54, 1.807) is 11.8 Å². The van der Waals surface area contributed by atoms with Crippen molar-refractivity contribution in [3.05, 3.63) is 60.2 Å². The second kappa shape index (κ2) is 8.72. The molecule has 0 saturated carbocycles. The Kier molecular flexibility index (Phi) is 5.90. The molecule has 0 aliphatic carbocycles. The Bertz CT molecular complexity index is 869. The zero-order chi connectivity index (χ0) is 18.5. The van der Waals surface area contributed by atoms with E-state index < -0.39 is 0 Å². The number of likely N-dealkylation sites (tertiary alicyclic amines) is 1. The van der Waals surface area contributed by atoms with E-state index in [0.717, 1.165) is 34.5 Å². The third-order valence-electron chi connectivity index (χ3n) is 5.12. The average molecular weight is 379 g/mol. The number of aryl methyl sites for hydroxylation is 1. The fourth-order valence-electron chi connectivity index (χ4n) is 3.62. The van der Waals surface area contributed by atoms with Crippen LogP contribution in [0.2, 0.25) is 0 Å². The first-order valence-corrected chi connectivity index (χ1v) is 10.7. The Balaban J connectivity index is 1.60. The molecule has 0 radical (unpaired) electrons. The molecule has 1 fully saturated rings. The van der Waals surface area contributed by atoms with Crippen molar-refractivity contribution in [1.82, 2.24) is 19.7 Å². The minimum Gasteiger partial charge on any atom is -0.303 e. The van der Waals surface area contributed by atoms with E-state index in [0.29, 0.717) is 0 Å². The summed E-state index contributed by atoms with van der Waals surface area (Å²) >= 11 is 1.80. The fraction of sp³-hybridized carbons (Fsp3) is 0.364. The number of rotatable bonds is 6. The summed E-state index contributed by atoms with van der Waals surface area (Å²) in [5.41, 5.74) is 3.46. The Labute approximate surface area is 165 Å². The lowest BCUT2D eigenvalue weighted by Gasteiger charge is -2.25. The monoisotopic (exact) mass is 378 g/mol. The fourth-order valence-corrected chi connectivity index (χ4v) is 4.57. The van der Waals surface area contributed by atoms with Crippen LogP contribution < -0.4 is 0 Å². The predicted octanol–water partition coefficient (Wildman–Crippen LogP) is 4.82. The van der Waals surface area contributed by atoms with Crippen LogP contribution in [0.5, 0.6) is 0 Å². The van der Waals surface area contributed by atoms with Gasteiger partial charge in [0.2, 0.25) is 0 Å². The van der Waals surface area contributed by atoms with Crippen LogP contribution in [-0.2, 0) is 0 Å². The molecule has 1 aromatic heterocycles. The van der Waals surface area contributed by atoms with Crippen LogP contribution >= 0.6 is 11.8 Å². The highest BCUT2D eigenvalue weighted by Gasteiger charge is 2.18. The van der Waals surface area contributed by atoms with E-state index in [4.69, 9.17) is 0 Å². The van der Waals surface area contributed by atoms with Gasteiger partial charge in [0, 0.05) is 23.5 Å². The lowest BCUT2D eigenvalue weighted by Crippen LogP contribution is -2.31. The zero-order valence-electron chi connectivity index (χ0n) is 15.8. The van der Waals surface area contributed by atoms with Crippen LogP contribution in [0.15, 0.2) is 59.8 Å². The maximum absolute atomic E-state index is 4.57. The van der Waals surface area contributed by atoms with Gasteiger partial charge in [-0.25, -0.2) is 0 Å². The van der Waals surface area contributed by atoms with Gasteiger partial charge in [-0.2, -0.15) is 0 Å². The van der Waals surface area contributed by atoms with Crippen molar-refractivity contribution >= 4 is 11.8 Å². The van der Waals surface area contributed by atoms with Gasteiger partial charge in [-0.3, -0.25) is 4.57 Å². The summed E-state index contributed by atoms with van der Waals surface area (Å²) in [5, 5.41) is 10.1. The van der Waals surface area contributed by atoms with Gasteiger partial charge >= 0.3 is 0 Å². The number of thioether (sulfide) groups is 1. The maximum atomic E-state index is 4.57.